The van der Waals surface area contributed by atoms with Crippen molar-refractivity contribution >= 4 is 11.5 Å². The van der Waals surface area contributed by atoms with Crippen molar-refractivity contribution < 1.29 is 8.78 Å². The zero-order chi connectivity index (χ0) is 9.97. The summed E-state index contributed by atoms with van der Waals surface area (Å²) in [6, 6.07) is 5.32. The van der Waals surface area contributed by atoms with Gasteiger partial charge in [-0.1, -0.05) is 6.07 Å². The number of hydrogen-bond donors (Lipinski definition) is 1. The number of anilines is 1. The number of imidazole rings is 1. The Kier molecular flexibility index (Phi) is 2.30. The predicted octanol–water partition coefficient (Wildman–Crippen LogP) is 2.01. The van der Waals surface area contributed by atoms with Crippen LogP contribution in [0.15, 0.2) is 30.6 Å². The molecule has 74 valence electrons. The Labute approximate surface area is 79.4 Å². The predicted molar refractivity (Wildman–Crippen MR) is 49.7 cm³/mol. The standard InChI is InChI=1S/C9H9F2N3/c10-7(11)6-13-9-3-1-2-8-12-4-5-14(8)9/h1-5,7,13H,6H2. The number of hydrogen-bond acceptors (Lipinski definition) is 2. The normalized spacial score (nSPS) is 11.1. The first-order valence-corrected chi connectivity index (χ1v) is 4.21. The molecule has 0 amide bonds. The number of pyridine rings is 1. The van der Waals surface area contributed by atoms with Crippen LogP contribution in [0, 0.1) is 0 Å². The summed E-state index contributed by atoms with van der Waals surface area (Å²) < 4.78 is 25.6. The highest BCUT2D eigenvalue weighted by molar-refractivity contribution is 5.49. The third-order valence-electron chi connectivity index (χ3n) is 1.87. The van der Waals surface area contributed by atoms with Crippen molar-refractivity contribution in [1.82, 2.24) is 9.38 Å². The van der Waals surface area contributed by atoms with E-state index in [2.05, 4.69) is 10.3 Å². The summed E-state index contributed by atoms with van der Waals surface area (Å²) in [7, 11) is 0. The van der Waals surface area contributed by atoms with Gasteiger partial charge in [0.2, 0.25) is 0 Å². The van der Waals surface area contributed by atoms with Crippen molar-refractivity contribution in [1.29, 1.82) is 0 Å². The van der Waals surface area contributed by atoms with Gasteiger partial charge in [-0.25, -0.2) is 13.8 Å². The molecule has 0 fully saturated rings. The monoisotopic (exact) mass is 197 g/mol. The number of aromatic nitrogens is 2. The van der Waals surface area contributed by atoms with Crippen molar-refractivity contribution in [3.63, 3.8) is 0 Å². The summed E-state index contributed by atoms with van der Waals surface area (Å²) in [4.78, 5) is 4.04. The van der Waals surface area contributed by atoms with E-state index < -0.39 is 6.43 Å². The summed E-state index contributed by atoms with van der Waals surface area (Å²) in [6.07, 6.45) is 1.00. The fourth-order valence-electron chi connectivity index (χ4n) is 1.27. The van der Waals surface area contributed by atoms with E-state index in [1.54, 1.807) is 28.9 Å². The molecule has 0 aromatic carbocycles. The molecule has 14 heavy (non-hydrogen) atoms. The zero-order valence-electron chi connectivity index (χ0n) is 7.32. The van der Waals surface area contributed by atoms with Gasteiger partial charge in [-0.2, -0.15) is 0 Å². The molecule has 2 heterocycles. The van der Waals surface area contributed by atoms with Crippen molar-refractivity contribution in [2.75, 3.05) is 11.9 Å². The molecule has 0 atom stereocenters. The van der Waals surface area contributed by atoms with Crippen molar-refractivity contribution in [3.8, 4) is 0 Å². The van der Waals surface area contributed by atoms with E-state index in [1.165, 1.54) is 0 Å². The minimum atomic E-state index is -2.35. The van der Waals surface area contributed by atoms with Crippen LogP contribution >= 0.6 is 0 Å². The topological polar surface area (TPSA) is 29.3 Å². The van der Waals surface area contributed by atoms with Crippen LogP contribution in [0.2, 0.25) is 0 Å². The lowest BCUT2D eigenvalue weighted by molar-refractivity contribution is 0.163. The van der Waals surface area contributed by atoms with E-state index in [-0.39, 0.29) is 6.54 Å². The van der Waals surface area contributed by atoms with Crippen LogP contribution in [0.4, 0.5) is 14.6 Å². The molecule has 3 nitrogen and oxygen atoms in total. The van der Waals surface area contributed by atoms with Gasteiger partial charge in [-0.05, 0) is 12.1 Å². The van der Waals surface area contributed by atoms with Gasteiger partial charge in [-0.15, -0.1) is 0 Å². The summed E-state index contributed by atoms with van der Waals surface area (Å²) >= 11 is 0. The fraction of sp³-hybridized carbons (Fsp3) is 0.222. The maximum atomic E-state index is 12.0. The van der Waals surface area contributed by atoms with Gasteiger partial charge in [-0.3, -0.25) is 4.40 Å². The summed E-state index contributed by atoms with van der Waals surface area (Å²) in [5, 5.41) is 2.65. The highest BCUT2D eigenvalue weighted by Gasteiger charge is 2.03. The third-order valence-corrected chi connectivity index (χ3v) is 1.87. The van der Waals surface area contributed by atoms with Crippen LogP contribution in [-0.4, -0.2) is 22.4 Å². The van der Waals surface area contributed by atoms with E-state index in [0.717, 1.165) is 5.65 Å². The van der Waals surface area contributed by atoms with Gasteiger partial charge in [0.15, 0.2) is 0 Å². The number of halogens is 2. The van der Waals surface area contributed by atoms with E-state index >= 15 is 0 Å². The lowest BCUT2D eigenvalue weighted by Crippen LogP contribution is -2.12. The average molecular weight is 197 g/mol. The number of alkyl halides is 2. The summed E-state index contributed by atoms with van der Waals surface area (Å²) in [5.41, 5.74) is 0.740. The first kappa shape index (κ1) is 8.93. The molecule has 2 rings (SSSR count). The second-order valence-corrected chi connectivity index (χ2v) is 2.84. The van der Waals surface area contributed by atoms with Crippen LogP contribution in [0.25, 0.3) is 5.65 Å². The molecule has 0 aliphatic rings. The largest absolute Gasteiger partial charge is 0.365 e. The van der Waals surface area contributed by atoms with Gasteiger partial charge in [0.1, 0.15) is 11.5 Å². The quantitative estimate of drug-likeness (QED) is 0.815. The Hall–Kier alpha value is -1.65. The maximum absolute atomic E-state index is 12.0. The van der Waals surface area contributed by atoms with Gasteiger partial charge in [0.25, 0.3) is 6.43 Å². The summed E-state index contributed by atoms with van der Waals surface area (Å²) in [6.45, 7) is -0.350. The molecule has 5 heteroatoms. The average Bonchev–Trinajstić information content (AvgIpc) is 2.62. The van der Waals surface area contributed by atoms with Crippen LogP contribution < -0.4 is 5.32 Å². The van der Waals surface area contributed by atoms with Gasteiger partial charge in [0, 0.05) is 12.4 Å². The molecule has 0 radical (unpaired) electrons. The molecule has 2 aromatic heterocycles. The molecule has 0 aliphatic carbocycles. The molecular formula is C9H9F2N3. The molecule has 0 spiro atoms. The number of fused-ring (bicyclic) bond motifs is 1. The highest BCUT2D eigenvalue weighted by Crippen LogP contribution is 2.10. The third kappa shape index (κ3) is 1.66. The molecule has 0 aliphatic heterocycles. The minimum Gasteiger partial charge on any atom is -0.365 e. The SMILES string of the molecule is FC(F)CNc1cccc2nccn12. The van der Waals surface area contributed by atoms with Crippen LogP contribution in [0.3, 0.4) is 0 Å². The summed E-state index contributed by atoms with van der Waals surface area (Å²) in [5.74, 6) is 0.625. The van der Waals surface area contributed by atoms with Crippen LogP contribution in [0.1, 0.15) is 0 Å². The highest BCUT2D eigenvalue weighted by atomic mass is 19.3. The Bertz CT molecular complexity index is 425. The maximum Gasteiger partial charge on any atom is 0.255 e. The van der Waals surface area contributed by atoms with E-state index in [4.69, 9.17) is 0 Å². The van der Waals surface area contributed by atoms with Crippen molar-refractivity contribution in [2.45, 2.75) is 6.43 Å². The Morgan fingerprint density at radius 3 is 3.07 bits per heavy atom. The van der Waals surface area contributed by atoms with E-state index in [1.807, 2.05) is 6.07 Å². The Morgan fingerprint density at radius 1 is 1.43 bits per heavy atom. The first-order valence-electron chi connectivity index (χ1n) is 4.21. The van der Waals surface area contributed by atoms with Crippen molar-refractivity contribution in [2.24, 2.45) is 0 Å². The van der Waals surface area contributed by atoms with E-state index in [0.29, 0.717) is 5.82 Å². The lowest BCUT2D eigenvalue weighted by atomic mass is 10.4. The fourth-order valence-corrected chi connectivity index (χ4v) is 1.27. The number of nitrogens with zero attached hydrogens (tertiary/aromatic N) is 2. The molecule has 0 bridgehead atoms. The van der Waals surface area contributed by atoms with Gasteiger partial charge in [0.05, 0.1) is 6.54 Å². The smallest absolute Gasteiger partial charge is 0.255 e. The lowest BCUT2D eigenvalue weighted by Gasteiger charge is -2.07. The molecule has 1 N–H and O–H groups in total. The number of nitrogens with one attached hydrogen (secondary N) is 1. The molecule has 0 saturated heterocycles. The Morgan fingerprint density at radius 2 is 2.29 bits per heavy atom. The van der Waals surface area contributed by atoms with E-state index in [9.17, 15) is 8.78 Å². The number of rotatable bonds is 3. The second-order valence-electron chi connectivity index (χ2n) is 2.84. The van der Waals surface area contributed by atoms with Crippen molar-refractivity contribution in [3.05, 3.63) is 30.6 Å². The molecule has 2 aromatic rings. The molecule has 0 saturated carbocycles. The minimum absolute atomic E-state index is 0.350. The van der Waals surface area contributed by atoms with Gasteiger partial charge >= 0.3 is 0 Å². The van der Waals surface area contributed by atoms with Crippen LogP contribution in [0.5, 0.6) is 0 Å². The molecular weight excluding hydrogens is 188 g/mol. The first-order chi connectivity index (χ1) is 6.77. The Balaban J connectivity index is 2.27. The van der Waals surface area contributed by atoms with Gasteiger partial charge < -0.3 is 5.32 Å². The van der Waals surface area contributed by atoms with Crippen LogP contribution in [-0.2, 0) is 0 Å². The zero-order valence-corrected chi connectivity index (χ0v) is 7.32. The molecule has 0 unspecified atom stereocenters. The second kappa shape index (κ2) is 3.61.